The third kappa shape index (κ3) is 9.47. The van der Waals surface area contributed by atoms with Crippen LogP contribution in [0.2, 0.25) is 0 Å². The molecule has 0 heterocycles. The summed E-state index contributed by atoms with van der Waals surface area (Å²) in [6.45, 7) is 0. The molecule has 0 aliphatic heterocycles. The Hall–Kier alpha value is 1.62. The Morgan fingerprint density at radius 2 is 1.75 bits per heavy atom. The van der Waals surface area contributed by atoms with Crippen LogP contribution >= 0.6 is 7.15 Å². The van der Waals surface area contributed by atoms with Crippen molar-refractivity contribution in [3.8, 4) is 0 Å². The number of hydrogen-bond acceptors (Lipinski definition) is 1. The SMILES string of the molecule is O=[P][Fe].[NaH]. The van der Waals surface area contributed by atoms with Crippen LogP contribution in [0.5, 0.6) is 0 Å². The van der Waals surface area contributed by atoms with Crippen molar-refractivity contribution in [1.29, 1.82) is 0 Å². The molecule has 0 aliphatic carbocycles. The number of hydrogen-bond donors (Lipinski definition) is 0. The molecule has 0 radical (unpaired) electrons. The van der Waals surface area contributed by atoms with E-state index in [-0.39, 0.29) is 36.7 Å². The third-order valence-electron chi connectivity index (χ3n) is 0. The maximum absolute atomic E-state index is 8.79. The summed E-state index contributed by atoms with van der Waals surface area (Å²) in [5, 5.41) is 0. The fourth-order valence-electron chi connectivity index (χ4n) is 0. The first-order valence-electron chi connectivity index (χ1n) is 0.341. The second-order valence-electron chi connectivity index (χ2n) is 0.0645. The van der Waals surface area contributed by atoms with Gasteiger partial charge in [0.05, 0.1) is 0 Å². The van der Waals surface area contributed by atoms with E-state index in [2.05, 4.69) is 15.6 Å². The first-order chi connectivity index (χ1) is 1.41. The van der Waals surface area contributed by atoms with Crippen LogP contribution in [-0.4, -0.2) is 29.6 Å². The van der Waals surface area contributed by atoms with Crippen LogP contribution in [0.25, 0.3) is 0 Å². The molecule has 0 aromatic heterocycles. The molecule has 0 saturated heterocycles. The van der Waals surface area contributed by atoms with Gasteiger partial charge in [0.2, 0.25) is 0 Å². The predicted octanol–water partition coefficient (Wildman–Crippen LogP) is 0.0914. The normalized spacial score (nSPS) is 5.25. The van der Waals surface area contributed by atoms with E-state index in [4.69, 9.17) is 4.57 Å². The van der Waals surface area contributed by atoms with E-state index < -0.39 is 0 Å². The summed E-state index contributed by atoms with van der Waals surface area (Å²) >= 11 is 2.90. The minimum atomic E-state index is -0.0833. The van der Waals surface area contributed by atoms with Crippen molar-refractivity contribution in [3.63, 3.8) is 0 Å². The Morgan fingerprint density at radius 1 is 1.75 bits per heavy atom. The van der Waals surface area contributed by atoms with E-state index in [9.17, 15) is 0 Å². The van der Waals surface area contributed by atoms with Gasteiger partial charge < -0.3 is 0 Å². The van der Waals surface area contributed by atoms with Crippen LogP contribution < -0.4 is 0 Å². The van der Waals surface area contributed by atoms with Crippen molar-refractivity contribution in [2.75, 3.05) is 0 Å². The van der Waals surface area contributed by atoms with Crippen LogP contribution in [0.15, 0.2) is 0 Å². The quantitative estimate of drug-likeness (QED) is 0.332. The van der Waals surface area contributed by atoms with Gasteiger partial charge in [-0.05, 0) is 0 Å². The minimum absolute atomic E-state index is 0. The molecule has 0 bridgehead atoms. The van der Waals surface area contributed by atoms with Crippen LogP contribution in [0.1, 0.15) is 0 Å². The first kappa shape index (κ1) is 9.15. The van der Waals surface area contributed by atoms with Gasteiger partial charge in [-0.1, -0.05) is 0 Å². The van der Waals surface area contributed by atoms with Gasteiger partial charge in [0.15, 0.2) is 0 Å². The van der Waals surface area contributed by atoms with E-state index in [0.717, 1.165) is 0 Å². The van der Waals surface area contributed by atoms with Crippen molar-refractivity contribution in [3.05, 3.63) is 0 Å². The van der Waals surface area contributed by atoms with E-state index in [0.29, 0.717) is 0 Å². The molecule has 0 amide bonds. The van der Waals surface area contributed by atoms with Gasteiger partial charge >= 0.3 is 56.8 Å². The average Bonchev–Trinajstić information content (AvgIpc) is 0.918. The summed E-state index contributed by atoms with van der Waals surface area (Å²) < 4.78 is 8.79. The zero-order valence-corrected chi connectivity index (χ0v) is 3.21. The monoisotopic (exact) mass is 127 g/mol. The fraction of sp³-hybridized carbons (Fsp3) is 0. The molecule has 0 unspecified atom stereocenters. The van der Waals surface area contributed by atoms with Gasteiger partial charge in [-0.15, -0.1) is 0 Å². The molecule has 0 spiro atoms. The van der Waals surface area contributed by atoms with Crippen LogP contribution in [-0.2, 0) is 20.1 Å². The van der Waals surface area contributed by atoms with Crippen molar-refractivity contribution in [2.24, 2.45) is 0 Å². The van der Waals surface area contributed by atoms with Gasteiger partial charge in [0.25, 0.3) is 0 Å². The number of rotatable bonds is 0. The summed E-state index contributed by atoms with van der Waals surface area (Å²) in [7, 11) is -0.0833. The Labute approximate surface area is 56.5 Å². The van der Waals surface area contributed by atoms with Crippen LogP contribution in [0.3, 0.4) is 0 Å². The summed E-state index contributed by atoms with van der Waals surface area (Å²) in [6, 6.07) is 0. The van der Waals surface area contributed by atoms with Gasteiger partial charge in [0, 0.05) is 0 Å². The zero-order chi connectivity index (χ0) is 2.71. The molecule has 0 rings (SSSR count). The molecule has 4 heteroatoms. The molecule has 0 fully saturated rings. The molecule has 0 N–H and O–H groups in total. The average molecular weight is 127 g/mol. The molecule has 4 heavy (non-hydrogen) atoms. The Morgan fingerprint density at radius 3 is 1.75 bits per heavy atom. The first-order valence-corrected chi connectivity index (χ1v) is 2.50. The van der Waals surface area contributed by atoms with Crippen molar-refractivity contribution < 1.29 is 20.1 Å². The summed E-state index contributed by atoms with van der Waals surface area (Å²) in [6.07, 6.45) is 0. The second-order valence-corrected chi connectivity index (χ2v) is 0.798. The Bertz CT molecular complexity index is 15.5. The summed E-state index contributed by atoms with van der Waals surface area (Å²) in [5.74, 6) is 0. The summed E-state index contributed by atoms with van der Waals surface area (Å²) in [4.78, 5) is 0. The van der Waals surface area contributed by atoms with Gasteiger partial charge in [-0.2, -0.15) is 0 Å². The molecule has 0 saturated carbocycles. The molecule has 0 aromatic rings. The Balaban J connectivity index is 0. The van der Waals surface area contributed by atoms with E-state index in [1.54, 1.807) is 0 Å². The molecular weight excluding hydrogens is 126 g/mol. The molecule has 0 atom stereocenters. The van der Waals surface area contributed by atoms with Gasteiger partial charge in [-0.3, -0.25) is 0 Å². The summed E-state index contributed by atoms with van der Waals surface area (Å²) in [5.41, 5.74) is 0. The molecule has 0 aliphatic rings. The van der Waals surface area contributed by atoms with Crippen LogP contribution in [0.4, 0.5) is 0 Å². The van der Waals surface area contributed by atoms with Gasteiger partial charge in [0.1, 0.15) is 0 Å². The van der Waals surface area contributed by atoms with E-state index in [1.165, 1.54) is 0 Å². The van der Waals surface area contributed by atoms with Crippen molar-refractivity contribution in [1.82, 2.24) is 0 Å². The van der Waals surface area contributed by atoms with E-state index >= 15 is 0 Å². The van der Waals surface area contributed by atoms with E-state index in [1.807, 2.05) is 0 Å². The Kier molecular flexibility index (Phi) is 20.2. The van der Waals surface area contributed by atoms with Crippen LogP contribution in [0, 0.1) is 0 Å². The third-order valence-corrected chi connectivity index (χ3v) is 0. The van der Waals surface area contributed by atoms with Gasteiger partial charge in [-0.25, -0.2) is 0 Å². The predicted molar refractivity (Wildman–Crippen MR) is 14.8 cm³/mol. The molecule has 21 valence electrons. The molecule has 0 aromatic carbocycles. The van der Waals surface area contributed by atoms with Crippen molar-refractivity contribution in [2.45, 2.75) is 0 Å². The van der Waals surface area contributed by atoms with Crippen molar-refractivity contribution >= 4 is 36.7 Å². The maximum atomic E-state index is 8.79. The topological polar surface area (TPSA) is 17.1 Å². The fourth-order valence-corrected chi connectivity index (χ4v) is 0. The standard InChI is InChI=1S/Fe.Na.OP.H/c;;1-2;/q+1;;-1;. The second kappa shape index (κ2) is 8.82. The molecule has 1 nitrogen and oxygen atoms in total. The molecular formula is HFeNaOP. The zero-order valence-electron chi connectivity index (χ0n) is 1.21.